The number of halogens is 4. The van der Waals surface area contributed by atoms with Gasteiger partial charge in [0.05, 0.1) is 20.6 Å². The van der Waals surface area contributed by atoms with Crippen LogP contribution in [0.4, 0.5) is 5.69 Å². The van der Waals surface area contributed by atoms with Crippen molar-refractivity contribution in [2.24, 2.45) is 0 Å². The summed E-state index contributed by atoms with van der Waals surface area (Å²) < 4.78 is 29.0. The number of amides is 2. The fraction of sp³-hybridized carbons (Fsp3) is 0.333. The maximum Gasteiger partial charge on any atom is 0.264 e. The zero-order valence-corrected chi connectivity index (χ0v) is 27.5. The molecule has 0 aliphatic rings. The van der Waals surface area contributed by atoms with Crippen LogP contribution in [0.1, 0.15) is 44.7 Å². The van der Waals surface area contributed by atoms with E-state index in [0.29, 0.717) is 22.0 Å². The lowest BCUT2D eigenvalue weighted by molar-refractivity contribution is -0.140. The third-order valence-electron chi connectivity index (χ3n) is 6.86. The van der Waals surface area contributed by atoms with Gasteiger partial charge in [-0.1, -0.05) is 90.1 Å². The number of benzene rings is 3. The summed E-state index contributed by atoms with van der Waals surface area (Å²) in [6.07, 6.45) is 0.932. The van der Waals surface area contributed by atoms with E-state index >= 15 is 0 Å². The van der Waals surface area contributed by atoms with Crippen molar-refractivity contribution in [1.29, 1.82) is 0 Å². The maximum atomic E-state index is 14.2. The molecule has 2 amide bonds. The molecule has 0 fully saturated rings. The van der Waals surface area contributed by atoms with E-state index in [1.54, 1.807) is 43.3 Å². The predicted octanol–water partition coefficient (Wildman–Crippen LogP) is 7.53. The number of hydrogen-bond acceptors (Lipinski definition) is 4. The topological polar surface area (TPSA) is 86.8 Å². The molecule has 0 heterocycles. The smallest absolute Gasteiger partial charge is 0.264 e. The number of nitrogens with zero attached hydrogens (tertiary/aromatic N) is 2. The van der Waals surface area contributed by atoms with Gasteiger partial charge in [0.25, 0.3) is 10.0 Å². The Kier molecular flexibility index (Phi) is 12.0. The molecular weight excluding hydrogens is 640 g/mol. The van der Waals surface area contributed by atoms with Crippen molar-refractivity contribution in [2.75, 3.05) is 10.8 Å². The van der Waals surface area contributed by atoms with Crippen molar-refractivity contribution in [2.45, 2.75) is 64.1 Å². The first kappa shape index (κ1) is 34.0. The number of anilines is 1. The Morgan fingerprint density at radius 1 is 0.857 bits per heavy atom. The lowest BCUT2D eigenvalue weighted by Gasteiger charge is -2.34. The van der Waals surface area contributed by atoms with Crippen LogP contribution in [-0.2, 0) is 26.2 Å². The Bertz CT molecular complexity index is 1510. The third kappa shape index (κ3) is 7.91. The van der Waals surface area contributed by atoms with Crippen LogP contribution in [0.25, 0.3) is 0 Å². The van der Waals surface area contributed by atoms with Gasteiger partial charge in [-0.15, -0.1) is 0 Å². The highest BCUT2D eigenvalue weighted by atomic mass is 35.5. The van der Waals surface area contributed by atoms with Gasteiger partial charge in [0.2, 0.25) is 11.8 Å². The molecule has 2 atom stereocenters. The van der Waals surface area contributed by atoms with Gasteiger partial charge in [-0.3, -0.25) is 13.9 Å². The minimum Gasteiger partial charge on any atom is -0.352 e. The zero-order valence-electron chi connectivity index (χ0n) is 23.7. The molecule has 0 saturated heterocycles. The number of carbonyl (C=O) groups excluding carboxylic acids is 2. The van der Waals surface area contributed by atoms with Crippen LogP contribution < -0.4 is 9.62 Å². The Morgan fingerprint density at radius 2 is 1.43 bits per heavy atom. The molecule has 0 aromatic heterocycles. The molecule has 42 heavy (non-hydrogen) atoms. The van der Waals surface area contributed by atoms with E-state index in [1.165, 1.54) is 29.2 Å². The first-order valence-electron chi connectivity index (χ1n) is 13.4. The third-order valence-corrected chi connectivity index (χ3v) is 10.2. The molecule has 1 N–H and O–H groups in total. The zero-order chi connectivity index (χ0) is 31.2. The highest BCUT2D eigenvalue weighted by Crippen LogP contribution is 2.36. The van der Waals surface area contributed by atoms with Crippen molar-refractivity contribution >= 4 is 73.9 Å². The van der Waals surface area contributed by atoms with Gasteiger partial charge < -0.3 is 10.2 Å². The van der Waals surface area contributed by atoms with Gasteiger partial charge >= 0.3 is 0 Å². The minimum atomic E-state index is -4.31. The fourth-order valence-electron chi connectivity index (χ4n) is 4.25. The van der Waals surface area contributed by atoms with Crippen molar-refractivity contribution in [3.8, 4) is 0 Å². The van der Waals surface area contributed by atoms with Crippen molar-refractivity contribution in [3.05, 3.63) is 91.9 Å². The summed E-state index contributed by atoms with van der Waals surface area (Å²) in [7, 11) is -4.31. The summed E-state index contributed by atoms with van der Waals surface area (Å²) in [4.78, 5) is 28.9. The van der Waals surface area contributed by atoms with E-state index in [-0.39, 0.29) is 45.5 Å². The van der Waals surface area contributed by atoms with E-state index in [0.717, 1.165) is 9.87 Å². The van der Waals surface area contributed by atoms with Crippen molar-refractivity contribution < 1.29 is 18.0 Å². The average Bonchev–Trinajstić information content (AvgIpc) is 2.94. The molecule has 0 aliphatic heterocycles. The number of aryl methyl sites for hydroxylation is 1. The largest absolute Gasteiger partial charge is 0.352 e. The number of sulfonamides is 1. The van der Waals surface area contributed by atoms with E-state index < -0.39 is 28.5 Å². The van der Waals surface area contributed by atoms with Gasteiger partial charge in [0.15, 0.2) is 0 Å². The molecule has 0 saturated carbocycles. The number of rotatable bonds is 12. The second-order valence-electron chi connectivity index (χ2n) is 9.86. The lowest BCUT2D eigenvalue weighted by atomic mass is 10.1. The highest BCUT2D eigenvalue weighted by molar-refractivity contribution is 7.92. The maximum absolute atomic E-state index is 14.2. The standard InChI is InChI=1S/C30H33Cl4N3O4S/c1-5-20(4)35-30(39)26(6-2)36(17-22-23(31)9-7-10-24(22)32)28(38)18-37(27-12-8-11-25(33)29(27)34)42(40,41)21-15-13-19(3)14-16-21/h7-16,20,26H,5-6,17-18H2,1-4H3,(H,35,39)/t20-,26+/m0/s1. The predicted molar refractivity (Wildman–Crippen MR) is 171 cm³/mol. The van der Waals surface area contributed by atoms with Gasteiger partial charge in [-0.25, -0.2) is 8.42 Å². The molecule has 0 unspecified atom stereocenters. The van der Waals surface area contributed by atoms with Gasteiger partial charge in [0.1, 0.15) is 12.6 Å². The summed E-state index contributed by atoms with van der Waals surface area (Å²) in [5.41, 5.74) is 1.31. The summed E-state index contributed by atoms with van der Waals surface area (Å²) in [6, 6.07) is 14.6. The molecule has 0 radical (unpaired) electrons. The molecule has 0 bridgehead atoms. The van der Waals surface area contributed by atoms with Crippen LogP contribution >= 0.6 is 46.4 Å². The SMILES string of the molecule is CC[C@H](C(=O)N[C@@H](C)CC)N(Cc1c(Cl)cccc1Cl)C(=O)CN(c1cccc(Cl)c1Cl)S(=O)(=O)c1ccc(C)cc1. The summed E-state index contributed by atoms with van der Waals surface area (Å²) in [6.45, 7) is 6.58. The minimum absolute atomic E-state index is 0.0194. The van der Waals surface area contributed by atoms with Crippen LogP contribution in [0.15, 0.2) is 65.6 Å². The molecule has 7 nitrogen and oxygen atoms in total. The molecule has 226 valence electrons. The Balaban J connectivity index is 2.14. The quantitative estimate of drug-likeness (QED) is 0.216. The van der Waals surface area contributed by atoms with Crippen LogP contribution in [0.3, 0.4) is 0 Å². The van der Waals surface area contributed by atoms with Crippen molar-refractivity contribution in [3.63, 3.8) is 0 Å². The van der Waals surface area contributed by atoms with Gasteiger partial charge in [-0.05, 0) is 63.1 Å². The van der Waals surface area contributed by atoms with Crippen LogP contribution in [-0.4, -0.2) is 43.8 Å². The van der Waals surface area contributed by atoms with E-state index in [1.807, 2.05) is 20.8 Å². The second-order valence-corrected chi connectivity index (χ2v) is 13.3. The van der Waals surface area contributed by atoms with Crippen LogP contribution in [0.2, 0.25) is 20.1 Å². The normalized spacial score (nSPS) is 12.9. The van der Waals surface area contributed by atoms with E-state index in [4.69, 9.17) is 46.4 Å². The van der Waals surface area contributed by atoms with E-state index in [2.05, 4.69) is 5.32 Å². The van der Waals surface area contributed by atoms with Crippen LogP contribution in [0, 0.1) is 6.92 Å². The van der Waals surface area contributed by atoms with E-state index in [9.17, 15) is 18.0 Å². The second kappa shape index (κ2) is 14.8. The summed E-state index contributed by atoms with van der Waals surface area (Å²) >= 11 is 25.7. The Labute approximate surface area is 267 Å². The van der Waals surface area contributed by atoms with Crippen LogP contribution in [0.5, 0.6) is 0 Å². The highest BCUT2D eigenvalue weighted by Gasteiger charge is 2.35. The first-order valence-corrected chi connectivity index (χ1v) is 16.3. The van der Waals surface area contributed by atoms with Crippen molar-refractivity contribution in [1.82, 2.24) is 10.2 Å². The summed E-state index contributed by atoms with van der Waals surface area (Å²) in [5, 5.41) is 3.61. The number of carbonyl (C=O) groups is 2. The average molecular weight is 673 g/mol. The molecule has 3 aromatic carbocycles. The molecule has 0 aliphatic carbocycles. The molecule has 0 spiro atoms. The molecule has 3 aromatic rings. The molecule has 12 heteroatoms. The number of nitrogens with one attached hydrogen (secondary N) is 1. The lowest BCUT2D eigenvalue weighted by Crippen LogP contribution is -2.53. The Morgan fingerprint density at radius 3 is 2.00 bits per heavy atom. The van der Waals surface area contributed by atoms with Gasteiger partial charge in [-0.2, -0.15) is 0 Å². The summed E-state index contributed by atoms with van der Waals surface area (Å²) in [5.74, 6) is -1.04. The molecular formula is C30H33Cl4N3O4S. The fourth-order valence-corrected chi connectivity index (χ4v) is 6.64. The Hall–Kier alpha value is -2.49. The number of hydrogen-bond donors (Lipinski definition) is 1. The van der Waals surface area contributed by atoms with Gasteiger partial charge in [0, 0.05) is 28.2 Å². The molecule has 3 rings (SSSR count). The monoisotopic (exact) mass is 671 g/mol. The first-order chi connectivity index (χ1) is 19.8.